The Morgan fingerprint density at radius 2 is 1.71 bits per heavy atom. The third kappa shape index (κ3) is 4.86. The molecular weight excluding hydrogens is 422 g/mol. The average molecular weight is 450 g/mol. The molecule has 0 amide bonds. The zero-order chi connectivity index (χ0) is 21.8. The van der Waals surface area contributed by atoms with Gasteiger partial charge in [-0.05, 0) is 18.2 Å². The first-order valence-corrected chi connectivity index (χ1v) is 11.7. The van der Waals surface area contributed by atoms with Crippen LogP contribution in [-0.4, -0.2) is 97.2 Å². The monoisotopic (exact) mass is 449 g/mol. The molecular formula is C20H27N5O5S. The molecule has 4 atom stereocenters. The maximum atomic E-state index is 12.6. The summed E-state index contributed by atoms with van der Waals surface area (Å²) in [4.78, 5) is 12.9. The Hall–Kier alpha value is -2.15. The first-order chi connectivity index (χ1) is 15.0. The molecule has 2 saturated heterocycles. The second kappa shape index (κ2) is 9.55. The van der Waals surface area contributed by atoms with Gasteiger partial charge in [0.2, 0.25) is 16.0 Å². The van der Waals surface area contributed by atoms with Gasteiger partial charge in [-0.25, -0.2) is 23.1 Å². The molecule has 3 heterocycles. The number of rotatable bonds is 7. The lowest BCUT2D eigenvalue weighted by Crippen LogP contribution is -2.57. The van der Waals surface area contributed by atoms with E-state index in [1.165, 1.54) is 12.1 Å². The number of hydrogen-bond donors (Lipinski definition) is 3. The second-order valence-corrected chi connectivity index (χ2v) is 9.38. The number of nitrogens with zero attached hydrogens (tertiary/aromatic N) is 4. The Kier molecular flexibility index (Phi) is 6.80. The summed E-state index contributed by atoms with van der Waals surface area (Å²) in [7, 11) is -3.71. The number of ether oxygens (including phenoxy) is 1. The molecule has 2 aliphatic heterocycles. The smallest absolute Gasteiger partial charge is 0.240 e. The zero-order valence-corrected chi connectivity index (χ0v) is 17.8. The Bertz CT molecular complexity index is 941. The quantitative estimate of drug-likeness (QED) is 0.491. The van der Waals surface area contributed by atoms with Crippen molar-refractivity contribution in [2.75, 3.05) is 44.2 Å². The van der Waals surface area contributed by atoms with Crippen LogP contribution in [0.3, 0.4) is 0 Å². The Labute approximate surface area is 181 Å². The van der Waals surface area contributed by atoms with Gasteiger partial charge in [0.1, 0.15) is 12.2 Å². The van der Waals surface area contributed by atoms with E-state index in [2.05, 4.69) is 24.5 Å². The number of anilines is 1. The lowest BCUT2D eigenvalue weighted by molar-refractivity contribution is -0.0201. The van der Waals surface area contributed by atoms with Crippen molar-refractivity contribution in [2.45, 2.75) is 29.2 Å². The topological polar surface area (TPSA) is 128 Å². The summed E-state index contributed by atoms with van der Waals surface area (Å²) >= 11 is 0. The Morgan fingerprint density at radius 1 is 1.03 bits per heavy atom. The second-order valence-electron chi connectivity index (χ2n) is 7.61. The van der Waals surface area contributed by atoms with Gasteiger partial charge in [0.25, 0.3) is 0 Å². The highest BCUT2D eigenvalue weighted by Crippen LogP contribution is 2.27. The molecule has 2 fully saturated rings. The molecule has 1 aromatic carbocycles. The summed E-state index contributed by atoms with van der Waals surface area (Å²) in [5, 5.41) is 20.4. The summed E-state index contributed by atoms with van der Waals surface area (Å²) in [6, 6.07) is 9.43. The number of aromatic nitrogens is 2. The fraction of sp³-hybridized carbons (Fsp3) is 0.500. The molecule has 4 rings (SSSR count). The molecule has 0 unspecified atom stereocenters. The van der Waals surface area contributed by atoms with Crippen molar-refractivity contribution in [3.05, 3.63) is 48.8 Å². The van der Waals surface area contributed by atoms with Gasteiger partial charge in [-0.3, -0.25) is 4.90 Å². The first-order valence-electron chi connectivity index (χ1n) is 10.2. The molecule has 2 aromatic rings. The maximum absolute atomic E-state index is 12.6. The van der Waals surface area contributed by atoms with Crippen LogP contribution in [0.15, 0.2) is 53.7 Å². The number of nitrogens with one attached hydrogen (secondary N) is 1. The van der Waals surface area contributed by atoms with Gasteiger partial charge in [-0.15, -0.1) is 0 Å². The van der Waals surface area contributed by atoms with Crippen molar-refractivity contribution >= 4 is 16.0 Å². The maximum Gasteiger partial charge on any atom is 0.240 e. The minimum Gasteiger partial charge on any atom is -0.394 e. The van der Waals surface area contributed by atoms with Gasteiger partial charge in [0.05, 0.1) is 23.6 Å². The van der Waals surface area contributed by atoms with Crippen LogP contribution in [0.1, 0.15) is 0 Å². The highest BCUT2D eigenvalue weighted by atomic mass is 32.2. The largest absolute Gasteiger partial charge is 0.394 e. The molecule has 1 aromatic heterocycles. The standard InChI is InChI=1S/C20H27N5O5S/c26-14-17-19(27)18(24-9-11-25(12-10-24)20-21-7-4-8-22-20)16(30-17)13-23-31(28,29)15-5-2-1-3-6-15/h1-8,16-19,23,26-27H,9-14H2/t16-,17+,18+,19-/m1/s1. The van der Waals surface area contributed by atoms with E-state index in [-0.39, 0.29) is 18.0 Å². The van der Waals surface area contributed by atoms with Gasteiger partial charge in [0.15, 0.2) is 0 Å². The van der Waals surface area contributed by atoms with E-state index in [1.807, 2.05) is 0 Å². The van der Waals surface area contributed by atoms with Crippen molar-refractivity contribution in [2.24, 2.45) is 0 Å². The van der Waals surface area contributed by atoms with E-state index in [4.69, 9.17) is 4.74 Å². The number of piperazine rings is 1. The minimum absolute atomic E-state index is 0.00251. The normalized spacial score (nSPS) is 27.5. The molecule has 31 heavy (non-hydrogen) atoms. The number of benzene rings is 1. The predicted octanol–water partition coefficient (Wildman–Crippen LogP) is -0.934. The van der Waals surface area contributed by atoms with Gasteiger partial charge >= 0.3 is 0 Å². The number of aliphatic hydroxyl groups is 2. The SMILES string of the molecule is O=S(=O)(NC[C@H]1O[C@@H](CO)[C@@H](O)[C@H]1N1CCN(c2ncccn2)CC1)c1ccccc1. The van der Waals surface area contributed by atoms with Crippen LogP contribution in [-0.2, 0) is 14.8 Å². The lowest BCUT2D eigenvalue weighted by Gasteiger charge is -2.40. The number of hydrogen-bond acceptors (Lipinski definition) is 9. The van der Waals surface area contributed by atoms with Crippen LogP contribution in [0.5, 0.6) is 0 Å². The van der Waals surface area contributed by atoms with E-state index in [0.717, 1.165) is 0 Å². The zero-order valence-electron chi connectivity index (χ0n) is 17.0. The summed E-state index contributed by atoms with van der Waals surface area (Å²) in [6.07, 6.45) is 1.13. The van der Waals surface area contributed by atoms with Crippen molar-refractivity contribution in [1.82, 2.24) is 19.6 Å². The van der Waals surface area contributed by atoms with Crippen LogP contribution in [0.25, 0.3) is 0 Å². The molecule has 0 aliphatic carbocycles. The minimum atomic E-state index is -3.71. The molecule has 168 valence electrons. The van der Waals surface area contributed by atoms with Crippen LogP contribution < -0.4 is 9.62 Å². The summed E-state index contributed by atoms with van der Waals surface area (Å²) in [5.74, 6) is 0.658. The fourth-order valence-electron chi connectivity index (χ4n) is 4.15. The highest BCUT2D eigenvalue weighted by Gasteiger charge is 2.47. The van der Waals surface area contributed by atoms with Crippen LogP contribution in [0.4, 0.5) is 5.95 Å². The molecule has 0 radical (unpaired) electrons. The van der Waals surface area contributed by atoms with Crippen LogP contribution in [0, 0.1) is 0 Å². The van der Waals surface area contributed by atoms with Crippen molar-refractivity contribution in [3.8, 4) is 0 Å². The third-order valence-electron chi connectivity index (χ3n) is 5.74. The molecule has 0 bridgehead atoms. The van der Waals surface area contributed by atoms with Gasteiger partial charge in [-0.1, -0.05) is 18.2 Å². The Balaban J connectivity index is 1.42. The van der Waals surface area contributed by atoms with Crippen molar-refractivity contribution in [3.63, 3.8) is 0 Å². The predicted molar refractivity (Wildman–Crippen MR) is 113 cm³/mol. The van der Waals surface area contributed by atoms with E-state index in [0.29, 0.717) is 32.1 Å². The molecule has 11 heteroatoms. The first kappa shape index (κ1) is 22.1. The molecule has 3 N–H and O–H groups in total. The Morgan fingerprint density at radius 3 is 2.35 bits per heavy atom. The average Bonchev–Trinajstić information content (AvgIpc) is 3.14. The van der Waals surface area contributed by atoms with Gasteiger partial charge in [-0.2, -0.15) is 0 Å². The lowest BCUT2D eigenvalue weighted by atomic mass is 10.0. The van der Waals surface area contributed by atoms with Crippen molar-refractivity contribution in [1.29, 1.82) is 0 Å². The van der Waals surface area contributed by atoms with Gasteiger partial charge in [0, 0.05) is 45.1 Å². The molecule has 2 aliphatic rings. The van der Waals surface area contributed by atoms with E-state index in [1.54, 1.807) is 36.7 Å². The summed E-state index contributed by atoms with van der Waals surface area (Å²) in [5.41, 5.74) is 0. The fourth-order valence-corrected chi connectivity index (χ4v) is 5.21. The van der Waals surface area contributed by atoms with Gasteiger partial charge < -0.3 is 19.8 Å². The number of aliphatic hydroxyl groups excluding tert-OH is 2. The van der Waals surface area contributed by atoms with E-state index in [9.17, 15) is 18.6 Å². The third-order valence-corrected chi connectivity index (χ3v) is 7.18. The number of sulfonamides is 1. The summed E-state index contributed by atoms with van der Waals surface area (Å²) < 4.78 is 33.6. The van der Waals surface area contributed by atoms with Crippen molar-refractivity contribution < 1.29 is 23.4 Å². The molecule has 10 nitrogen and oxygen atoms in total. The molecule has 0 spiro atoms. The van der Waals surface area contributed by atoms with Crippen LogP contribution >= 0.6 is 0 Å². The van der Waals surface area contributed by atoms with E-state index < -0.39 is 34.4 Å². The van der Waals surface area contributed by atoms with E-state index >= 15 is 0 Å². The molecule has 0 saturated carbocycles. The summed E-state index contributed by atoms with van der Waals surface area (Å²) in [6.45, 7) is 2.25. The van der Waals surface area contributed by atoms with Crippen LogP contribution in [0.2, 0.25) is 0 Å². The highest BCUT2D eigenvalue weighted by molar-refractivity contribution is 7.89.